The number of benzene rings is 4. The number of aromatic nitrogens is 2. The van der Waals surface area contributed by atoms with Crippen LogP contribution in [0.15, 0.2) is 112 Å². The Bertz CT molecular complexity index is 2600. The molecule has 0 spiro atoms. The summed E-state index contributed by atoms with van der Waals surface area (Å²) in [6.07, 6.45) is 1.76. The van der Waals surface area contributed by atoms with E-state index in [1.807, 2.05) is 63.2 Å². The summed E-state index contributed by atoms with van der Waals surface area (Å²) in [5.74, 6) is 0. The molecule has 0 unspecified atom stereocenters. The largest absolute Gasteiger partial charge is 0.501 e. The Labute approximate surface area is 294 Å². The van der Waals surface area contributed by atoms with Crippen LogP contribution in [0.3, 0.4) is 0 Å². The number of hydrogen-bond acceptors (Lipinski definition) is 4. The van der Waals surface area contributed by atoms with Gasteiger partial charge in [0.15, 0.2) is 5.58 Å². The van der Waals surface area contributed by atoms with Gasteiger partial charge >= 0.3 is 0 Å². The van der Waals surface area contributed by atoms with Crippen LogP contribution in [-0.2, 0) is 26.5 Å². The maximum absolute atomic E-state index is 8.25. The van der Waals surface area contributed by atoms with Gasteiger partial charge in [-0.3, -0.25) is 0 Å². The molecule has 4 aromatic heterocycles. The number of hydrogen-bond donors (Lipinski definition) is 0. The molecular weight excluding hydrogens is 745 g/mol. The third-order valence-corrected chi connectivity index (χ3v) is 7.33. The van der Waals surface area contributed by atoms with Gasteiger partial charge in [-0.25, -0.2) is 0 Å². The smallest absolute Gasteiger partial charge is 0.151 e. The minimum absolute atomic E-state index is 0. The molecule has 8 rings (SSSR count). The SMILES string of the molecule is [2H]C([2H])([2H])c1c[c-]c(-c2ccc(C([2H])([2H])C(C)(C)C)cn2)cc1.[2H]C([2H])([2H])c1ccc2c(c1)oc1c(-c3cc4c(cn3)oc3ccccc34)[c-]ccc12.[Ir]. The fraction of sp³-hybridized carbons (Fsp3) is 0.171. The second-order valence-corrected chi connectivity index (χ2v) is 11.9. The number of para-hydroxylation sites is 1. The maximum Gasteiger partial charge on any atom is 0.151 e. The van der Waals surface area contributed by atoms with Gasteiger partial charge in [0.1, 0.15) is 11.2 Å². The summed E-state index contributed by atoms with van der Waals surface area (Å²) in [6, 6.07) is 32.9. The van der Waals surface area contributed by atoms with E-state index < -0.39 is 25.5 Å². The molecule has 0 aliphatic carbocycles. The van der Waals surface area contributed by atoms with E-state index in [0.717, 1.165) is 44.0 Å². The zero-order valence-corrected chi connectivity index (χ0v) is 27.8. The van der Waals surface area contributed by atoms with Crippen molar-refractivity contribution >= 4 is 43.9 Å². The number of furan rings is 2. The van der Waals surface area contributed by atoms with E-state index in [1.165, 1.54) is 12.3 Å². The predicted molar refractivity (Wildman–Crippen MR) is 184 cm³/mol. The van der Waals surface area contributed by atoms with Crippen LogP contribution in [0.2, 0.25) is 0 Å². The van der Waals surface area contributed by atoms with E-state index >= 15 is 0 Å². The number of aryl methyl sites for hydroxylation is 2. The van der Waals surface area contributed by atoms with Crippen molar-refractivity contribution in [3.63, 3.8) is 0 Å². The Kier molecular flexibility index (Phi) is 6.30. The van der Waals surface area contributed by atoms with Gasteiger partial charge in [-0.15, -0.1) is 53.6 Å². The first-order valence-electron chi connectivity index (χ1n) is 18.6. The van der Waals surface area contributed by atoms with Crippen molar-refractivity contribution in [1.29, 1.82) is 0 Å². The van der Waals surface area contributed by atoms with Gasteiger partial charge in [0, 0.05) is 53.4 Å². The molecule has 8 aromatic rings. The molecule has 0 N–H and O–H groups in total. The Morgan fingerprint density at radius 3 is 2.28 bits per heavy atom. The minimum Gasteiger partial charge on any atom is -0.501 e. The molecule has 0 aliphatic rings. The summed E-state index contributed by atoms with van der Waals surface area (Å²) in [5.41, 5.74) is 5.94. The number of fused-ring (bicyclic) bond motifs is 6. The molecule has 0 bridgehead atoms. The van der Waals surface area contributed by atoms with Gasteiger partial charge in [-0.05, 0) is 53.3 Å². The fourth-order valence-electron chi connectivity index (χ4n) is 5.34. The molecule has 231 valence electrons. The van der Waals surface area contributed by atoms with Crippen LogP contribution in [0.4, 0.5) is 0 Å². The standard InChI is InChI=1S/C24H14NO2.C17H20N.Ir/c1-14-9-10-16-17-6-4-7-18(24(17)27-22(16)11-14)20-12-19-15-5-2-3-8-21(15)26-23(19)13-25-20;1-13-5-8-15(9-6-13)16-10-7-14(12-18-16)11-17(2,3)4;/h2-6,8-13H,1H3;5-8,10,12H,11H2,1-4H3;/q2*-1;/i1D3;1D3,11D2;. The average Bonchev–Trinajstić information content (AvgIpc) is 3.68. The molecular formula is C41H34IrN2O2-2. The number of rotatable bonds is 3. The summed E-state index contributed by atoms with van der Waals surface area (Å²) in [5, 5.41) is 3.76. The van der Waals surface area contributed by atoms with Crippen molar-refractivity contribution in [3.8, 4) is 22.5 Å². The zero-order valence-electron chi connectivity index (χ0n) is 33.4. The third kappa shape index (κ3) is 6.39. The molecule has 4 nitrogen and oxygen atoms in total. The Balaban J connectivity index is 0.000000188. The van der Waals surface area contributed by atoms with Gasteiger partial charge in [0.25, 0.3) is 0 Å². The number of nitrogens with zero attached hydrogens (tertiary/aromatic N) is 2. The van der Waals surface area contributed by atoms with E-state index in [9.17, 15) is 0 Å². The first-order chi connectivity index (χ1) is 24.9. The molecule has 1 radical (unpaired) electrons. The van der Waals surface area contributed by atoms with E-state index in [2.05, 4.69) is 22.1 Å². The van der Waals surface area contributed by atoms with Gasteiger partial charge < -0.3 is 18.8 Å². The van der Waals surface area contributed by atoms with Crippen molar-refractivity contribution in [2.75, 3.05) is 0 Å². The summed E-state index contributed by atoms with van der Waals surface area (Å²) in [6.45, 7) is 1.22. The van der Waals surface area contributed by atoms with Crippen LogP contribution in [0.25, 0.3) is 66.4 Å². The van der Waals surface area contributed by atoms with Gasteiger partial charge in [0.2, 0.25) is 0 Å². The fourth-order valence-corrected chi connectivity index (χ4v) is 5.34. The normalized spacial score (nSPS) is 14.9. The second kappa shape index (κ2) is 12.7. The van der Waals surface area contributed by atoms with Crippen LogP contribution >= 0.6 is 0 Å². The predicted octanol–water partition coefficient (Wildman–Crippen LogP) is 11.1. The zero-order chi connectivity index (χ0) is 37.9. The van der Waals surface area contributed by atoms with Crippen LogP contribution in [-0.4, -0.2) is 9.97 Å². The average molecular weight is 787 g/mol. The summed E-state index contributed by atoms with van der Waals surface area (Å²) >= 11 is 0. The Morgan fingerprint density at radius 1 is 0.717 bits per heavy atom. The maximum atomic E-state index is 8.25. The Morgan fingerprint density at radius 2 is 1.52 bits per heavy atom. The molecule has 0 saturated heterocycles. The summed E-state index contributed by atoms with van der Waals surface area (Å²) in [4.78, 5) is 8.88. The van der Waals surface area contributed by atoms with Crippen LogP contribution in [0.5, 0.6) is 0 Å². The quantitative estimate of drug-likeness (QED) is 0.167. The summed E-state index contributed by atoms with van der Waals surface area (Å²) in [7, 11) is 0. The van der Waals surface area contributed by atoms with Crippen molar-refractivity contribution in [3.05, 3.63) is 132 Å². The number of pyridine rings is 2. The topological polar surface area (TPSA) is 52.1 Å². The molecule has 4 aromatic carbocycles. The van der Waals surface area contributed by atoms with Crippen LogP contribution in [0, 0.1) is 31.3 Å². The molecule has 0 atom stereocenters. The van der Waals surface area contributed by atoms with E-state index in [1.54, 1.807) is 48.7 Å². The van der Waals surface area contributed by atoms with Gasteiger partial charge in [-0.2, -0.15) is 0 Å². The first kappa shape index (κ1) is 22.9. The van der Waals surface area contributed by atoms with E-state index in [-0.39, 0.29) is 31.2 Å². The van der Waals surface area contributed by atoms with Crippen molar-refractivity contribution in [2.45, 2.75) is 40.8 Å². The van der Waals surface area contributed by atoms with Gasteiger partial charge in [0.05, 0.1) is 11.8 Å². The minimum atomic E-state index is -2.18. The van der Waals surface area contributed by atoms with Gasteiger partial charge in [-0.1, -0.05) is 87.1 Å². The molecule has 46 heavy (non-hydrogen) atoms. The van der Waals surface area contributed by atoms with Crippen molar-refractivity contribution in [2.24, 2.45) is 5.41 Å². The van der Waals surface area contributed by atoms with Crippen molar-refractivity contribution < 1.29 is 39.9 Å². The monoisotopic (exact) mass is 787 g/mol. The molecule has 5 heteroatoms. The first-order valence-corrected chi connectivity index (χ1v) is 14.6. The molecule has 4 heterocycles. The second-order valence-electron chi connectivity index (χ2n) is 11.9. The van der Waals surface area contributed by atoms with E-state index in [4.69, 9.17) is 19.8 Å². The molecule has 0 aliphatic heterocycles. The molecule has 0 amide bonds. The van der Waals surface area contributed by atoms with E-state index in [0.29, 0.717) is 28.0 Å². The third-order valence-electron chi connectivity index (χ3n) is 7.33. The van der Waals surface area contributed by atoms with Crippen LogP contribution in [0.1, 0.15) is 48.4 Å². The van der Waals surface area contributed by atoms with Crippen molar-refractivity contribution in [1.82, 2.24) is 9.97 Å². The van der Waals surface area contributed by atoms with Crippen LogP contribution < -0.4 is 0 Å². The summed E-state index contributed by atoms with van der Waals surface area (Å²) < 4.78 is 73.5. The Hall–Kier alpha value is -4.57. The molecule has 0 fully saturated rings. The molecule has 0 saturated carbocycles.